The van der Waals surface area contributed by atoms with Crippen LogP contribution in [0, 0.1) is 0 Å². The van der Waals surface area contributed by atoms with Crippen LogP contribution in [0.2, 0.25) is 0 Å². The zero-order valence-electron chi connectivity index (χ0n) is 35.7. The maximum absolute atomic E-state index is 12.6. The Labute approximate surface area is 350 Å². The Hall–Kier alpha value is -2.63. The van der Waals surface area contributed by atoms with Gasteiger partial charge in [-0.05, 0) is 83.5 Å². The van der Waals surface area contributed by atoms with E-state index in [4.69, 9.17) is 23.8 Å². The SMILES string of the molecule is CC/C=C\C/C=C\C/C=C\C/C=C\C/C=C\CCCCCC(=O)OC[C@H](COP(=O)(O)OC[C@@H](O)CO)OC(=O)CCCCCCCC1OC1C/C=C\CCCCC. The van der Waals surface area contributed by atoms with Crippen LogP contribution < -0.4 is 0 Å². The van der Waals surface area contributed by atoms with Gasteiger partial charge in [0.2, 0.25) is 0 Å². The summed E-state index contributed by atoms with van der Waals surface area (Å²) in [4.78, 5) is 35.1. The molecule has 332 valence electrons. The normalized spacial score (nSPS) is 18.0. The summed E-state index contributed by atoms with van der Waals surface area (Å²) in [6.07, 6.45) is 44.5. The van der Waals surface area contributed by atoms with Gasteiger partial charge in [0.25, 0.3) is 0 Å². The number of hydrogen-bond acceptors (Lipinski definition) is 10. The van der Waals surface area contributed by atoms with Crippen molar-refractivity contribution < 1.29 is 52.5 Å². The van der Waals surface area contributed by atoms with E-state index in [2.05, 4.69) is 91.3 Å². The zero-order chi connectivity index (χ0) is 42.4. The van der Waals surface area contributed by atoms with E-state index in [1.54, 1.807) is 0 Å². The van der Waals surface area contributed by atoms with Crippen molar-refractivity contribution in [1.29, 1.82) is 0 Å². The van der Waals surface area contributed by atoms with Crippen molar-refractivity contribution >= 4 is 19.8 Å². The van der Waals surface area contributed by atoms with E-state index in [0.29, 0.717) is 25.0 Å². The van der Waals surface area contributed by atoms with E-state index in [-0.39, 0.29) is 19.4 Å². The Morgan fingerprint density at radius 3 is 1.81 bits per heavy atom. The molecule has 5 atom stereocenters. The van der Waals surface area contributed by atoms with E-state index < -0.39 is 51.8 Å². The number of hydrogen-bond donors (Lipinski definition) is 3. The maximum Gasteiger partial charge on any atom is 0.472 e. The summed E-state index contributed by atoms with van der Waals surface area (Å²) in [6, 6.07) is 0. The van der Waals surface area contributed by atoms with Gasteiger partial charge in [0.05, 0.1) is 32.0 Å². The molecule has 0 aromatic rings. The Kier molecular flexibility index (Phi) is 34.4. The number of allylic oxidation sites excluding steroid dienone is 11. The van der Waals surface area contributed by atoms with E-state index in [9.17, 15) is 24.2 Å². The number of phosphoric ester groups is 1. The van der Waals surface area contributed by atoms with Crippen LogP contribution >= 0.6 is 7.82 Å². The molecule has 1 saturated heterocycles. The molecule has 0 aliphatic carbocycles. The molecule has 11 nitrogen and oxygen atoms in total. The Balaban J connectivity index is 2.29. The number of carbonyl (C=O) groups excluding carboxylic acids is 2. The number of aliphatic hydroxyl groups excluding tert-OH is 2. The maximum atomic E-state index is 12.6. The highest BCUT2D eigenvalue weighted by Gasteiger charge is 2.36. The summed E-state index contributed by atoms with van der Waals surface area (Å²) >= 11 is 0. The molecule has 1 aliphatic rings. The van der Waals surface area contributed by atoms with Gasteiger partial charge in [-0.2, -0.15) is 0 Å². The molecule has 58 heavy (non-hydrogen) atoms. The molecule has 0 spiro atoms. The van der Waals surface area contributed by atoms with Gasteiger partial charge < -0.3 is 29.3 Å². The summed E-state index contributed by atoms with van der Waals surface area (Å²) in [7, 11) is -4.64. The number of aliphatic hydroxyl groups is 2. The van der Waals surface area contributed by atoms with E-state index in [0.717, 1.165) is 96.3 Å². The minimum atomic E-state index is -4.64. The van der Waals surface area contributed by atoms with Crippen molar-refractivity contribution in [1.82, 2.24) is 0 Å². The van der Waals surface area contributed by atoms with Crippen molar-refractivity contribution in [3.63, 3.8) is 0 Å². The van der Waals surface area contributed by atoms with Crippen LogP contribution in [0.3, 0.4) is 0 Å². The fraction of sp³-hybridized carbons (Fsp3) is 0.696. The van der Waals surface area contributed by atoms with Crippen LogP contribution in [-0.4, -0.2) is 77.9 Å². The molecule has 1 rings (SSSR count). The van der Waals surface area contributed by atoms with Crippen molar-refractivity contribution in [2.24, 2.45) is 0 Å². The van der Waals surface area contributed by atoms with Crippen molar-refractivity contribution in [2.75, 3.05) is 26.4 Å². The van der Waals surface area contributed by atoms with Gasteiger partial charge in [-0.3, -0.25) is 18.6 Å². The highest BCUT2D eigenvalue weighted by Crippen LogP contribution is 2.43. The largest absolute Gasteiger partial charge is 0.472 e. The van der Waals surface area contributed by atoms with Gasteiger partial charge in [-0.15, -0.1) is 0 Å². The number of phosphoric acid groups is 1. The summed E-state index contributed by atoms with van der Waals surface area (Å²) in [5, 5.41) is 18.3. The van der Waals surface area contributed by atoms with E-state index >= 15 is 0 Å². The second kappa shape index (κ2) is 37.4. The van der Waals surface area contributed by atoms with Gasteiger partial charge in [-0.1, -0.05) is 132 Å². The van der Waals surface area contributed by atoms with Gasteiger partial charge in [-0.25, -0.2) is 4.57 Å². The lowest BCUT2D eigenvalue weighted by Gasteiger charge is -2.20. The Morgan fingerprint density at radius 2 is 1.17 bits per heavy atom. The molecule has 3 N–H and O–H groups in total. The summed E-state index contributed by atoms with van der Waals surface area (Å²) in [6.45, 7) is 2.15. The van der Waals surface area contributed by atoms with E-state index in [1.807, 2.05) is 0 Å². The van der Waals surface area contributed by atoms with Crippen LogP contribution in [-0.2, 0) is 37.4 Å². The first-order valence-corrected chi connectivity index (χ1v) is 23.5. The number of rotatable bonds is 39. The predicted molar refractivity (Wildman–Crippen MR) is 232 cm³/mol. The van der Waals surface area contributed by atoms with Crippen molar-refractivity contribution in [2.45, 2.75) is 180 Å². The predicted octanol–water partition coefficient (Wildman–Crippen LogP) is 10.7. The molecular weight excluding hydrogens is 759 g/mol. The highest BCUT2D eigenvalue weighted by atomic mass is 31.2. The molecule has 0 amide bonds. The molecule has 0 saturated carbocycles. The first kappa shape index (κ1) is 53.4. The first-order chi connectivity index (χ1) is 28.2. The lowest BCUT2D eigenvalue weighted by Crippen LogP contribution is -2.29. The van der Waals surface area contributed by atoms with Crippen molar-refractivity contribution in [3.8, 4) is 0 Å². The number of ether oxygens (including phenoxy) is 3. The molecule has 0 aromatic carbocycles. The number of esters is 2. The minimum absolute atomic E-state index is 0.150. The molecule has 0 aromatic heterocycles. The number of epoxide rings is 1. The zero-order valence-corrected chi connectivity index (χ0v) is 36.6. The van der Waals surface area contributed by atoms with Crippen LogP contribution in [0.1, 0.15) is 155 Å². The molecule has 0 bridgehead atoms. The first-order valence-electron chi connectivity index (χ1n) is 22.0. The average molecular weight is 837 g/mol. The fourth-order valence-electron chi connectivity index (χ4n) is 5.79. The fourth-order valence-corrected chi connectivity index (χ4v) is 6.58. The summed E-state index contributed by atoms with van der Waals surface area (Å²) < 4.78 is 38.5. The molecular formula is C46H77O11P. The van der Waals surface area contributed by atoms with Gasteiger partial charge in [0.1, 0.15) is 12.7 Å². The Bertz CT molecular complexity index is 1260. The van der Waals surface area contributed by atoms with Crippen LogP contribution in [0.4, 0.5) is 0 Å². The van der Waals surface area contributed by atoms with Gasteiger partial charge in [0, 0.05) is 12.8 Å². The topological polar surface area (TPSA) is 161 Å². The third kappa shape index (κ3) is 34.3. The molecule has 1 fully saturated rings. The van der Waals surface area contributed by atoms with Gasteiger partial charge >= 0.3 is 19.8 Å². The standard InChI is InChI=1S/C46H77O11P/c1-3-5-7-9-11-12-13-14-15-16-17-18-19-20-21-22-23-27-31-35-45(49)53-39-42(40-55-58(51,52)54-38-41(48)37-47)56-46(50)36-32-28-24-26-30-34-44-43(57-44)33-29-25-10-8-6-4-2/h5,7,11-12,14-15,17-18,20-21,25,29,41-44,47-48H,3-4,6,8-10,13,16,19,22-24,26-28,30-40H2,1-2H3,(H,51,52)/b7-5-,12-11-,15-14-,18-17-,21-20-,29-25-/t41-,42+,43?,44?/m0/s1. The van der Waals surface area contributed by atoms with Crippen LogP contribution in [0.15, 0.2) is 72.9 Å². The minimum Gasteiger partial charge on any atom is -0.462 e. The second-order valence-electron chi connectivity index (χ2n) is 14.7. The number of carbonyl (C=O) groups is 2. The summed E-state index contributed by atoms with van der Waals surface area (Å²) in [5.41, 5.74) is 0. The molecule has 3 unspecified atom stereocenters. The van der Waals surface area contributed by atoms with Crippen LogP contribution in [0.5, 0.6) is 0 Å². The molecule has 1 aliphatic heterocycles. The quantitative estimate of drug-likeness (QED) is 0.0178. The average Bonchev–Trinajstić information content (AvgIpc) is 3.97. The Morgan fingerprint density at radius 1 is 0.638 bits per heavy atom. The second-order valence-corrected chi connectivity index (χ2v) is 16.2. The lowest BCUT2D eigenvalue weighted by atomic mass is 10.1. The molecule has 12 heteroatoms. The monoisotopic (exact) mass is 837 g/mol. The van der Waals surface area contributed by atoms with Crippen molar-refractivity contribution in [3.05, 3.63) is 72.9 Å². The van der Waals surface area contributed by atoms with E-state index in [1.165, 1.54) is 19.3 Å². The molecule has 1 heterocycles. The smallest absolute Gasteiger partial charge is 0.462 e. The highest BCUT2D eigenvalue weighted by molar-refractivity contribution is 7.47. The van der Waals surface area contributed by atoms with Crippen LogP contribution in [0.25, 0.3) is 0 Å². The summed E-state index contributed by atoms with van der Waals surface area (Å²) in [5.74, 6) is -0.992. The number of unbranched alkanes of at least 4 members (excludes halogenated alkanes) is 10. The third-order valence-electron chi connectivity index (χ3n) is 9.27. The molecule has 0 radical (unpaired) electrons. The third-order valence-corrected chi connectivity index (χ3v) is 10.2. The lowest BCUT2D eigenvalue weighted by molar-refractivity contribution is -0.161. The van der Waals surface area contributed by atoms with Gasteiger partial charge in [0.15, 0.2) is 6.10 Å².